The molecule has 1 atom stereocenters. The highest BCUT2D eigenvalue weighted by Crippen LogP contribution is 2.10. The Balaban J connectivity index is 0.00000288. The minimum Gasteiger partial charge on any atom is -0.343 e. The number of benzene rings is 1. The smallest absolute Gasteiger partial charge is 0.240 e. The predicted molar refractivity (Wildman–Crippen MR) is 96.9 cm³/mol. The number of amides is 1. The zero-order valence-electron chi connectivity index (χ0n) is 14.1. The van der Waals surface area contributed by atoms with Crippen LogP contribution in [0.15, 0.2) is 29.2 Å². The molecule has 1 aliphatic rings. The van der Waals surface area contributed by atoms with Gasteiger partial charge < -0.3 is 10.2 Å². The normalized spacial score (nSPS) is 17.8. The Bertz CT molecular complexity index is 628. The van der Waals surface area contributed by atoms with Crippen molar-refractivity contribution in [2.24, 2.45) is 0 Å². The van der Waals surface area contributed by atoms with Crippen LogP contribution in [0.5, 0.6) is 0 Å². The van der Waals surface area contributed by atoms with Crippen LogP contribution in [-0.2, 0) is 14.8 Å². The van der Waals surface area contributed by atoms with Gasteiger partial charge in [0.25, 0.3) is 0 Å². The molecule has 1 unspecified atom stereocenters. The minimum absolute atomic E-state index is 0. The van der Waals surface area contributed by atoms with Crippen LogP contribution in [0.2, 0.25) is 0 Å². The lowest BCUT2D eigenvalue weighted by molar-refractivity contribution is -0.132. The second-order valence-corrected chi connectivity index (χ2v) is 7.74. The molecule has 0 saturated carbocycles. The third-order valence-corrected chi connectivity index (χ3v) is 5.53. The first-order chi connectivity index (χ1) is 10.9. The zero-order valence-corrected chi connectivity index (χ0v) is 15.8. The summed E-state index contributed by atoms with van der Waals surface area (Å²) in [5.74, 6) is 0.0271. The van der Waals surface area contributed by atoms with Crippen LogP contribution < -0.4 is 10.0 Å². The van der Waals surface area contributed by atoms with Crippen molar-refractivity contribution in [3.8, 4) is 0 Å². The molecule has 2 N–H and O–H groups in total. The Morgan fingerprint density at radius 3 is 2.54 bits per heavy atom. The molecule has 1 aromatic carbocycles. The molecule has 0 bridgehead atoms. The summed E-state index contributed by atoms with van der Waals surface area (Å²) in [6, 6.07) is 6.55. The molecule has 6 nitrogen and oxygen atoms in total. The number of likely N-dealkylation sites (N-methyl/N-ethyl adjacent to an activating group) is 1. The molecule has 1 fully saturated rings. The molecule has 1 amide bonds. The molecule has 2 rings (SSSR count). The van der Waals surface area contributed by atoms with Crippen LogP contribution in [0, 0.1) is 6.92 Å². The van der Waals surface area contributed by atoms with Crippen molar-refractivity contribution in [2.45, 2.75) is 37.1 Å². The van der Waals surface area contributed by atoms with Gasteiger partial charge in [0, 0.05) is 20.1 Å². The second kappa shape index (κ2) is 9.36. The number of carbonyl (C=O) groups is 1. The Labute approximate surface area is 150 Å². The van der Waals surface area contributed by atoms with Crippen molar-refractivity contribution >= 4 is 28.3 Å². The summed E-state index contributed by atoms with van der Waals surface area (Å²) < 4.78 is 26.9. The molecule has 24 heavy (non-hydrogen) atoms. The second-order valence-electron chi connectivity index (χ2n) is 5.97. The van der Waals surface area contributed by atoms with E-state index in [1.807, 2.05) is 6.92 Å². The molecule has 1 aliphatic heterocycles. The Hall–Kier alpha value is -1.15. The van der Waals surface area contributed by atoms with Gasteiger partial charge in [0.15, 0.2) is 0 Å². The number of rotatable bonds is 6. The fourth-order valence-electron chi connectivity index (χ4n) is 2.59. The van der Waals surface area contributed by atoms with Crippen molar-refractivity contribution in [2.75, 3.05) is 26.7 Å². The van der Waals surface area contributed by atoms with Gasteiger partial charge in [0.2, 0.25) is 15.9 Å². The highest BCUT2D eigenvalue weighted by atomic mass is 35.5. The van der Waals surface area contributed by atoms with Crippen LogP contribution in [-0.4, -0.2) is 51.9 Å². The van der Waals surface area contributed by atoms with Crippen LogP contribution in [0.25, 0.3) is 0 Å². The SMILES string of the molecule is Cc1ccc(S(=O)(=O)NCCN(C)C(=O)C2CCCCN2)cc1.Cl. The Morgan fingerprint density at radius 2 is 1.96 bits per heavy atom. The molecule has 8 heteroatoms. The molecule has 0 aromatic heterocycles. The van der Waals surface area contributed by atoms with Crippen molar-refractivity contribution in [1.29, 1.82) is 0 Å². The molecular weight excluding hydrogens is 350 g/mol. The van der Waals surface area contributed by atoms with E-state index in [4.69, 9.17) is 0 Å². The quantitative estimate of drug-likeness (QED) is 0.785. The average molecular weight is 376 g/mol. The number of hydrogen-bond acceptors (Lipinski definition) is 4. The van der Waals surface area contributed by atoms with Gasteiger partial charge in [-0.15, -0.1) is 12.4 Å². The summed E-state index contributed by atoms with van der Waals surface area (Å²) in [4.78, 5) is 14.1. The van der Waals surface area contributed by atoms with Crippen molar-refractivity contribution in [3.05, 3.63) is 29.8 Å². The van der Waals surface area contributed by atoms with E-state index in [1.165, 1.54) is 0 Å². The number of nitrogens with zero attached hydrogens (tertiary/aromatic N) is 1. The predicted octanol–water partition coefficient (Wildman–Crippen LogP) is 1.30. The average Bonchev–Trinajstić information content (AvgIpc) is 2.55. The van der Waals surface area contributed by atoms with E-state index in [1.54, 1.807) is 36.2 Å². The number of hydrogen-bond donors (Lipinski definition) is 2. The van der Waals surface area contributed by atoms with E-state index in [2.05, 4.69) is 10.0 Å². The molecule has 0 spiro atoms. The standard InChI is InChI=1S/C16H25N3O3S.ClH/c1-13-6-8-14(9-7-13)23(21,22)18-11-12-19(2)16(20)15-5-3-4-10-17-15;/h6-9,15,17-18H,3-5,10-12H2,1-2H3;1H. The number of aryl methyl sites for hydroxylation is 1. The van der Waals surface area contributed by atoms with Crippen LogP contribution in [0.4, 0.5) is 0 Å². The first-order valence-corrected chi connectivity index (χ1v) is 9.43. The number of sulfonamides is 1. The van der Waals surface area contributed by atoms with Crippen molar-refractivity contribution in [3.63, 3.8) is 0 Å². The van der Waals surface area contributed by atoms with Gasteiger partial charge in [-0.25, -0.2) is 13.1 Å². The van der Waals surface area contributed by atoms with Crippen molar-refractivity contribution in [1.82, 2.24) is 14.9 Å². The maximum absolute atomic E-state index is 12.2. The maximum atomic E-state index is 12.2. The summed E-state index contributed by atoms with van der Waals surface area (Å²) in [5.41, 5.74) is 1.01. The fraction of sp³-hybridized carbons (Fsp3) is 0.562. The topological polar surface area (TPSA) is 78.5 Å². The number of piperidine rings is 1. The van der Waals surface area contributed by atoms with Gasteiger partial charge in [-0.2, -0.15) is 0 Å². The Kier molecular flexibility index (Phi) is 8.15. The van der Waals surface area contributed by atoms with E-state index >= 15 is 0 Å². The first kappa shape index (κ1) is 20.9. The lowest BCUT2D eigenvalue weighted by atomic mass is 10.0. The highest BCUT2D eigenvalue weighted by molar-refractivity contribution is 7.89. The summed E-state index contributed by atoms with van der Waals surface area (Å²) in [6.07, 6.45) is 3.00. The zero-order chi connectivity index (χ0) is 16.9. The van der Waals surface area contributed by atoms with Gasteiger partial charge in [-0.3, -0.25) is 4.79 Å². The van der Waals surface area contributed by atoms with Crippen LogP contribution in [0.1, 0.15) is 24.8 Å². The van der Waals surface area contributed by atoms with Gasteiger partial charge >= 0.3 is 0 Å². The fourth-order valence-corrected chi connectivity index (χ4v) is 3.61. The van der Waals surface area contributed by atoms with E-state index in [9.17, 15) is 13.2 Å². The van der Waals surface area contributed by atoms with Crippen molar-refractivity contribution < 1.29 is 13.2 Å². The molecule has 0 radical (unpaired) electrons. The van der Waals surface area contributed by atoms with E-state index < -0.39 is 10.0 Å². The van der Waals surface area contributed by atoms with E-state index in [0.717, 1.165) is 31.4 Å². The third-order valence-electron chi connectivity index (χ3n) is 4.06. The molecule has 136 valence electrons. The molecule has 1 heterocycles. The molecule has 0 aliphatic carbocycles. The molecule has 1 saturated heterocycles. The summed E-state index contributed by atoms with van der Waals surface area (Å²) in [5, 5.41) is 3.21. The highest BCUT2D eigenvalue weighted by Gasteiger charge is 2.23. The van der Waals surface area contributed by atoms with Gasteiger partial charge in [0.1, 0.15) is 0 Å². The molecular formula is C16H26ClN3O3S. The summed E-state index contributed by atoms with van der Waals surface area (Å²) >= 11 is 0. The lowest BCUT2D eigenvalue weighted by Crippen LogP contribution is -2.48. The largest absolute Gasteiger partial charge is 0.343 e. The lowest BCUT2D eigenvalue weighted by Gasteiger charge is -2.27. The van der Waals surface area contributed by atoms with E-state index in [0.29, 0.717) is 6.54 Å². The first-order valence-electron chi connectivity index (χ1n) is 7.95. The Morgan fingerprint density at radius 1 is 1.29 bits per heavy atom. The van der Waals surface area contributed by atoms with Gasteiger partial charge in [-0.05, 0) is 38.4 Å². The monoisotopic (exact) mass is 375 g/mol. The summed E-state index contributed by atoms with van der Waals surface area (Å²) in [7, 11) is -1.82. The number of carbonyl (C=O) groups excluding carboxylic acids is 1. The number of halogens is 1. The van der Waals surface area contributed by atoms with Gasteiger partial charge in [0.05, 0.1) is 10.9 Å². The maximum Gasteiger partial charge on any atom is 0.240 e. The molecule has 1 aromatic rings. The van der Waals surface area contributed by atoms with Crippen LogP contribution >= 0.6 is 12.4 Å². The summed E-state index contributed by atoms with van der Waals surface area (Å²) in [6.45, 7) is 3.32. The van der Waals surface area contributed by atoms with Crippen LogP contribution in [0.3, 0.4) is 0 Å². The van der Waals surface area contributed by atoms with Gasteiger partial charge in [-0.1, -0.05) is 24.1 Å². The number of nitrogens with one attached hydrogen (secondary N) is 2. The van der Waals surface area contributed by atoms with E-state index in [-0.39, 0.29) is 35.8 Å². The minimum atomic E-state index is -3.53. The third kappa shape index (κ3) is 5.73.